The summed E-state index contributed by atoms with van der Waals surface area (Å²) in [7, 11) is -3.63. The number of aliphatic carboxylic acids is 1. The van der Waals surface area contributed by atoms with Gasteiger partial charge in [-0.25, -0.2) is 8.42 Å². The number of ether oxygens (including phenoxy) is 1. The van der Waals surface area contributed by atoms with E-state index in [1.165, 1.54) is 4.31 Å². The van der Waals surface area contributed by atoms with E-state index in [0.717, 1.165) is 10.9 Å². The average Bonchev–Trinajstić information content (AvgIpc) is 3.34. The Bertz CT molecular complexity index is 1220. The third kappa shape index (κ3) is 4.28. The Labute approximate surface area is 185 Å². The number of hydrogen-bond donors (Lipinski definition) is 1. The van der Waals surface area contributed by atoms with Gasteiger partial charge >= 0.3 is 5.97 Å². The van der Waals surface area contributed by atoms with Gasteiger partial charge in [0, 0.05) is 41.3 Å². The third-order valence-corrected chi connectivity index (χ3v) is 7.63. The minimum atomic E-state index is -3.63. The van der Waals surface area contributed by atoms with Crippen molar-refractivity contribution < 1.29 is 23.1 Å². The maximum absolute atomic E-state index is 13.1. The molecule has 0 radical (unpaired) electrons. The number of rotatable bonds is 7. The van der Waals surface area contributed by atoms with E-state index in [4.69, 9.17) is 16.3 Å². The highest BCUT2D eigenvalue weighted by atomic mass is 35.5. The second-order valence-corrected chi connectivity index (χ2v) is 9.88. The molecule has 4 rings (SSSR count). The second-order valence-electron chi connectivity index (χ2n) is 7.50. The number of nitrogens with zero attached hydrogens (tertiary/aromatic N) is 2. The summed E-state index contributed by atoms with van der Waals surface area (Å²) in [5.74, 6) is -0.297. The lowest BCUT2D eigenvalue weighted by atomic mass is 10.1. The molecular weight excluding hydrogens is 440 g/mol. The summed E-state index contributed by atoms with van der Waals surface area (Å²) >= 11 is 6.12. The minimum Gasteiger partial charge on any atom is -0.494 e. The van der Waals surface area contributed by atoms with Crippen LogP contribution in [0.3, 0.4) is 0 Å². The van der Waals surface area contributed by atoms with Crippen LogP contribution in [-0.2, 0) is 21.2 Å². The Morgan fingerprint density at radius 2 is 1.97 bits per heavy atom. The number of hydrogen-bond acceptors (Lipinski definition) is 4. The van der Waals surface area contributed by atoms with E-state index >= 15 is 0 Å². The molecule has 0 bridgehead atoms. The molecule has 2 heterocycles. The first kappa shape index (κ1) is 21.7. The van der Waals surface area contributed by atoms with Crippen LogP contribution in [0.5, 0.6) is 5.75 Å². The van der Waals surface area contributed by atoms with Gasteiger partial charge in [0.15, 0.2) is 0 Å². The molecule has 1 aliphatic rings. The molecule has 1 fully saturated rings. The van der Waals surface area contributed by atoms with Gasteiger partial charge in [-0.1, -0.05) is 11.6 Å². The Balaban J connectivity index is 1.61. The SMILES string of the molecule is CCOc1ccc(S(=O)(=O)N2CCC(n3cc(CC(=O)O)c4cc(Cl)ccc43)C2)cc1. The first-order valence-electron chi connectivity index (χ1n) is 10.0. The number of carboxylic acid groups (broad SMARTS) is 1. The zero-order chi connectivity index (χ0) is 22.2. The number of fused-ring (bicyclic) bond motifs is 1. The van der Waals surface area contributed by atoms with Crippen molar-refractivity contribution in [3.63, 3.8) is 0 Å². The predicted molar refractivity (Wildman–Crippen MR) is 118 cm³/mol. The topological polar surface area (TPSA) is 88.8 Å². The van der Waals surface area contributed by atoms with Gasteiger partial charge in [0.1, 0.15) is 5.75 Å². The standard InChI is InChI=1S/C22H23ClN2O5S/c1-2-30-18-4-6-19(7-5-18)31(28,29)24-10-9-17(14-24)25-13-15(11-22(26)27)20-12-16(23)3-8-21(20)25/h3-8,12-13,17H,2,9-11,14H2,1H3,(H,26,27). The third-order valence-electron chi connectivity index (χ3n) is 5.51. The molecule has 7 nitrogen and oxygen atoms in total. The van der Waals surface area contributed by atoms with Crippen LogP contribution in [0.4, 0.5) is 0 Å². The van der Waals surface area contributed by atoms with E-state index in [2.05, 4.69) is 0 Å². The van der Waals surface area contributed by atoms with Crippen molar-refractivity contribution in [1.82, 2.24) is 8.87 Å². The van der Waals surface area contributed by atoms with Gasteiger partial charge in [0.05, 0.1) is 17.9 Å². The number of carbonyl (C=O) groups is 1. The second kappa shape index (κ2) is 8.53. The van der Waals surface area contributed by atoms with E-state index in [0.29, 0.717) is 42.5 Å². The summed E-state index contributed by atoms with van der Waals surface area (Å²) in [6.07, 6.45) is 2.33. The Morgan fingerprint density at radius 1 is 1.23 bits per heavy atom. The fourth-order valence-electron chi connectivity index (χ4n) is 4.08. The van der Waals surface area contributed by atoms with Gasteiger partial charge in [-0.3, -0.25) is 4.79 Å². The monoisotopic (exact) mass is 462 g/mol. The molecule has 9 heteroatoms. The number of sulfonamides is 1. The summed E-state index contributed by atoms with van der Waals surface area (Å²) in [5, 5.41) is 10.6. The number of benzene rings is 2. The van der Waals surface area contributed by atoms with Crippen LogP contribution in [0.1, 0.15) is 24.9 Å². The Hall–Kier alpha value is -2.55. The fraction of sp³-hybridized carbons (Fsp3) is 0.318. The molecule has 1 aliphatic heterocycles. The lowest BCUT2D eigenvalue weighted by Crippen LogP contribution is -2.29. The van der Waals surface area contributed by atoms with E-state index < -0.39 is 16.0 Å². The van der Waals surface area contributed by atoms with Crippen LogP contribution >= 0.6 is 11.6 Å². The number of carboxylic acids is 1. The highest BCUT2D eigenvalue weighted by Gasteiger charge is 2.34. The number of halogens is 1. The first-order valence-corrected chi connectivity index (χ1v) is 11.8. The molecule has 1 N–H and O–H groups in total. The van der Waals surface area contributed by atoms with E-state index in [-0.39, 0.29) is 17.4 Å². The summed E-state index contributed by atoms with van der Waals surface area (Å²) in [6.45, 7) is 3.09. The quantitative estimate of drug-likeness (QED) is 0.574. The largest absolute Gasteiger partial charge is 0.494 e. The summed E-state index contributed by atoms with van der Waals surface area (Å²) in [6, 6.07) is 11.7. The van der Waals surface area contributed by atoms with Crippen LogP contribution in [0.25, 0.3) is 10.9 Å². The average molecular weight is 463 g/mol. The van der Waals surface area contributed by atoms with Crippen molar-refractivity contribution >= 4 is 38.5 Å². The zero-order valence-electron chi connectivity index (χ0n) is 17.0. The molecular formula is C22H23ClN2O5S. The lowest BCUT2D eigenvalue weighted by Gasteiger charge is -2.18. The lowest BCUT2D eigenvalue weighted by molar-refractivity contribution is -0.136. The van der Waals surface area contributed by atoms with E-state index in [9.17, 15) is 18.3 Å². The van der Waals surface area contributed by atoms with Gasteiger partial charge in [0.25, 0.3) is 0 Å². The van der Waals surface area contributed by atoms with Gasteiger partial charge in [-0.2, -0.15) is 4.31 Å². The van der Waals surface area contributed by atoms with Crippen molar-refractivity contribution in [2.24, 2.45) is 0 Å². The summed E-state index contributed by atoms with van der Waals surface area (Å²) in [4.78, 5) is 11.5. The van der Waals surface area contributed by atoms with Crippen molar-refractivity contribution in [3.8, 4) is 5.75 Å². The van der Waals surface area contributed by atoms with Crippen LogP contribution in [0.2, 0.25) is 5.02 Å². The summed E-state index contributed by atoms with van der Waals surface area (Å²) in [5.41, 5.74) is 1.52. The molecule has 3 aromatic rings. The predicted octanol–water partition coefficient (Wildman–Crippen LogP) is 3.96. The maximum atomic E-state index is 13.1. The first-order chi connectivity index (χ1) is 14.8. The molecule has 1 atom stereocenters. The molecule has 164 valence electrons. The fourth-order valence-corrected chi connectivity index (χ4v) is 5.75. The maximum Gasteiger partial charge on any atom is 0.307 e. The molecule has 0 spiro atoms. The van der Waals surface area contributed by atoms with Crippen molar-refractivity contribution in [3.05, 3.63) is 59.2 Å². The molecule has 31 heavy (non-hydrogen) atoms. The van der Waals surface area contributed by atoms with Crippen molar-refractivity contribution in [2.45, 2.75) is 30.7 Å². The highest BCUT2D eigenvalue weighted by molar-refractivity contribution is 7.89. The Kier molecular flexibility index (Phi) is 5.96. The van der Waals surface area contributed by atoms with Crippen LogP contribution < -0.4 is 4.74 Å². The smallest absolute Gasteiger partial charge is 0.307 e. The molecule has 2 aromatic carbocycles. The Morgan fingerprint density at radius 3 is 2.65 bits per heavy atom. The molecule has 1 unspecified atom stereocenters. The minimum absolute atomic E-state index is 0.0938. The highest BCUT2D eigenvalue weighted by Crippen LogP contribution is 2.34. The van der Waals surface area contributed by atoms with Crippen molar-refractivity contribution in [1.29, 1.82) is 0 Å². The van der Waals surface area contributed by atoms with Gasteiger partial charge in [0.2, 0.25) is 10.0 Å². The van der Waals surface area contributed by atoms with Gasteiger partial charge in [-0.15, -0.1) is 0 Å². The van der Waals surface area contributed by atoms with Crippen LogP contribution in [0, 0.1) is 0 Å². The van der Waals surface area contributed by atoms with E-state index in [1.807, 2.05) is 23.8 Å². The molecule has 0 aliphatic carbocycles. The summed E-state index contributed by atoms with van der Waals surface area (Å²) < 4.78 is 35.1. The van der Waals surface area contributed by atoms with Gasteiger partial charge in [-0.05, 0) is 61.4 Å². The number of aromatic nitrogens is 1. The molecule has 1 aromatic heterocycles. The van der Waals surface area contributed by atoms with E-state index in [1.54, 1.807) is 36.4 Å². The normalized spacial score (nSPS) is 17.3. The van der Waals surface area contributed by atoms with Gasteiger partial charge < -0.3 is 14.4 Å². The molecule has 0 saturated carbocycles. The molecule has 0 amide bonds. The van der Waals surface area contributed by atoms with Crippen molar-refractivity contribution in [2.75, 3.05) is 19.7 Å². The van der Waals surface area contributed by atoms with Crippen LogP contribution in [0.15, 0.2) is 53.6 Å². The van der Waals surface area contributed by atoms with Crippen LogP contribution in [-0.4, -0.2) is 48.1 Å². The molecule has 1 saturated heterocycles. The zero-order valence-corrected chi connectivity index (χ0v) is 18.6.